The van der Waals surface area contributed by atoms with Crippen LogP contribution in [0.3, 0.4) is 0 Å². The average molecular weight is 262 g/mol. The number of hydrogen-bond donors (Lipinski definition) is 0. The van der Waals surface area contributed by atoms with Crippen molar-refractivity contribution in [3.8, 4) is 0 Å². The summed E-state index contributed by atoms with van der Waals surface area (Å²) in [5.41, 5.74) is 1.19. The quantitative estimate of drug-likeness (QED) is 0.475. The van der Waals surface area contributed by atoms with Crippen LogP contribution in [0.4, 0.5) is 11.4 Å². The molecule has 1 aliphatic heterocycles. The number of nitrogens with zero attached hydrogens (tertiary/aromatic N) is 2. The Balaban J connectivity index is 2.28. The van der Waals surface area contributed by atoms with Gasteiger partial charge in [-0.25, -0.2) is 0 Å². The topological polar surface area (TPSA) is 63.4 Å². The zero-order valence-electron chi connectivity index (χ0n) is 11.0. The number of rotatable bonds is 4. The summed E-state index contributed by atoms with van der Waals surface area (Å²) in [6.45, 7) is 4.01. The number of piperidine rings is 1. The molecule has 19 heavy (non-hydrogen) atoms. The summed E-state index contributed by atoms with van der Waals surface area (Å²) < 4.78 is 0. The number of aldehydes is 1. The zero-order chi connectivity index (χ0) is 13.8. The van der Waals surface area contributed by atoms with Crippen LogP contribution in [0, 0.1) is 16.0 Å². The minimum absolute atomic E-state index is 0.0325. The highest BCUT2D eigenvalue weighted by atomic mass is 16.6. The molecule has 0 N–H and O–H groups in total. The fraction of sp³-hybridized carbons (Fsp3) is 0.500. The van der Waals surface area contributed by atoms with E-state index in [9.17, 15) is 14.9 Å². The Morgan fingerprint density at radius 2 is 2.32 bits per heavy atom. The van der Waals surface area contributed by atoms with Crippen molar-refractivity contribution in [3.63, 3.8) is 0 Å². The van der Waals surface area contributed by atoms with Gasteiger partial charge in [0.15, 0.2) is 6.29 Å². The molecule has 0 spiro atoms. The van der Waals surface area contributed by atoms with E-state index >= 15 is 0 Å². The third-order valence-electron chi connectivity index (χ3n) is 3.79. The van der Waals surface area contributed by atoms with Crippen molar-refractivity contribution in [2.24, 2.45) is 5.92 Å². The number of hydrogen-bond acceptors (Lipinski definition) is 4. The third-order valence-corrected chi connectivity index (χ3v) is 3.79. The molecule has 1 unspecified atom stereocenters. The number of nitro benzene ring substituents is 1. The van der Waals surface area contributed by atoms with E-state index in [0.717, 1.165) is 31.6 Å². The van der Waals surface area contributed by atoms with Gasteiger partial charge in [0.05, 0.1) is 4.92 Å². The molecule has 1 atom stereocenters. The van der Waals surface area contributed by atoms with Crippen LogP contribution in [0.15, 0.2) is 18.2 Å². The lowest BCUT2D eigenvalue weighted by molar-refractivity contribution is -0.384. The average Bonchev–Trinajstić information content (AvgIpc) is 2.46. The van der Waals surface area contributed by atoms with Gasteiger partial charge in [-0.3, -0.25) is 14.9 Å². The molecule has 0 aromatic heterocycles. The molecule has 0 aliphatic carbocycles. The molecular weight excluding hydrogens is 244 g/mol. The van der Waals surface area contributed by atoms with E-state index in [0.29, 0.717) is 17.8 Å². The normalized spacial score (nSPS) is 19.2. The molecule has 1 heterocycles. The summed E-state index contributed by atoms with van der Waals surface area (Å²) in [4.78, 5) is 23.6. The van der Waals surface area contributed by atoms with Gasteiger partial charge in [-0.05, 0) is 24.8 Å². The van der Waals surface area contributed by atoms with Crippen molar-refractivity contribution in [1.29, 1.82) is 0 Å². The molecule has 0 saturated carbocycles. The van der Waals surface area contributed by atoms with Gasteiger partial charge >= 0.3 is 0 Å². The first-order valence-corrected chi connectivity index (χ1v) is 6.64. The first kappa shape index (κ1) is 13.5. The number of anilines is 1. The number of non-ortho nitro benzene ring substituents is 1. The molecule has 102 valence electrons. The Morgan fingerprint density at radius 1 is 1.53 bits per heavy atom. The van der Waals surface area contributed by atoms with E-state index in [-0.39, 0.29) is 5.69 Å². The summed E-state index contributed by atoms with van der Waals surface area (Å²) in [5.74, 6) is 0.642. The molecule has 1 saturated heterocycles. The molecule has 5 heteroatoms. The summed E-state index contributed by atoms with van der Waals surface area (Å²) in [6.07, 6.45) is 4.15. The van der Waals surface area contributed by atoms with Gasteiger partial charge in [0, 0.05) is 36.5 Å². The maximum atomic E-state index is 11.1. The molecule has 1 fully saturated rings. The molecule has 5 nitrogen and oxygen atoms in total. The van der Waals surface area contributed by atoms with Crippen molar-refractivity contribution in [2.45, 2.75) is 26.2 Å². The van der Waals surface area contributed by atoms with Crippen molar-refractivity contribution in [3.05, 3.63) is 33.9 Å². The number of benzene rings is 1. The second-order valence-electron chi connectivity index (χ2n) is 4.98. The monoisotopic (exact) mass is 262 g/mol. The maximum absolute atomic E-state index is 11.1. The molecule has 0 radical (unpaired) electrons. The van der Waals surface area contributed by atoms with Crippen LogP contribution in [0.5, 0.6) is 0 Å². The highest BCUT2D eigenvalue weighted by Crippen LogP contribution is 2.29. The Hall–Kier alpha value is -1.91. The standard InChI is InChI=1S/C14H18N2O3/c1-2-11-4-3-7-15(9-11)14-6-5-13(16(18)19)8-12(14)10-17/h5-6,8,10-11H,2-4,7,9H2,1H3. The largest absolute Gasteiger partial charge is 0.371 e. The number of carbonyl (C=O) groups excluding carboxylic acids is 1. The van der Waals surface area contributed by atoms with Crippen LogP contribution in [0.25, 0.3) is 0 Å². The SMILES string of the molecule is CCC1CCCN(c2ccc([N+](=O)[O-])cc2C=O)C1. The maximum Gasteiger partial charge on any atom is 0.270 e. The predicted octanol–water partition coefficient (Wildman–Crippen LogP) is 3.03. The fourth-order valence-corrected chi connectivity index (χ4v) is 2.65. The van der Waals surface area contributed by atoms with Crippen molar-refractivity contribution in [1.82, 2.24) is 0 Å². The summed E-state index contributed by atoms with van der Waals surface area (Å²) in [7, 11) is 0. The predicted molar refractivity (Wildman–Crippen MR) is 73.7 cm³/mol. The van der Waals surface area contributed by atoms with E-state index in [4.69, 9.17) is 0 Å². The first-order chi connectivity index (χ1) is 9.15. The van der Waals surface area contributed by atoms with Crippen LogP contribution < -0.4 is 4.90 Å². The molecule has 0 bridgehead atoms. The Kier molecular flexibility index (Phi) is 4.14. The molecule has 0 amide bonds. The number of nitro groups is 1. The number of carbonyl (C=O) groups is 1. The highest BCUT2D eigenvalue weighted by molar-refractivity contribution is 5.86. The summed E-state index contributed by atoms with van der Waals surface area (Å²) in [6, 6.07) is 4.52. The van der Waals surface area contributed by atoms with Crippen LogP contribution in [0.1, 0.15) is 36.5 Å². The van der Waals surface area contributed by atoms with Gasteiger partial charge in [-0.15, -0.1) is 0 Å². The van der Waals surface area contributed by atoms with E-state index in [1.807, 2.05) is 0 Å². The minimum atomic E-state index is -0.470. The minimum Gasteiger partial charge on any atom is -0.371 e. The molecule has 2 rings (SSSR count). The van der Waals surface area contributed by atoms with Crippen LogP contribution in [0.2, 0.25) is 0 Å². The van der Waals surface area contributed by atoms with E-state index in [1.54, 1.807) is 6.07 Å². The molecule has 1 aromatic rings. The van der Waals surface area contributed by atoms with E-state index < -0.39 is 4.92 Å². The van der Waals surface area contributed by atoms with Crippen LogP contribution in [-0.4, -0.2) is 24.3 Å². The van der Waals surface area contributed by atoms with Gasteiger partial charge in [0.25, 0.3) is 5.69 Å². The fourth-order valence-electron chi connectivity index (χ4n) is 2.65. The Bertz CT molecular complexity index is 488. The first-order valence-electron chi connectivity index (χ1n) is 6.64. The van der Waals surface area contributed by atoms with Gasteiger partial charge in [0.2, 0.25) is 0 Å². The lowest BCUT2D eigenvalue weighted by Gasteiger charge is -2.34. The van der Waals surface area contributed by atoms with Gasteiger partial charge in [-0.2, -0.15) is 0 Å². The Morgan fingerprint density at radius 3 is 2.95 bits per heavy atom. The van der Waals surface area contributed by atoms with Crippen LogP contribution in [-0.2, 0) is 0 Å². The smallest absolute Gasteiger partial charge is 0.270 e. The Labute approximate surface area is 112 Å². The third kappa shape index (κ3) is 2.92. The van der Waals surface area contributed by atoms with Crippen molar-refractivity contribution < 1.29 is 9.72 Å². The zero-order valence-corrected chi connectivity index (χ0v) is 11.0. The van der Waals surface area contributed by atoms with E-state index in [2.05, 4.69) is 11.8 Å². The lowest BCUT2D eigenvalue weighted by atomic mass is 9.95. The molecule has 1 aromatic carbocycles. The van der Waals surface area contributed by atoms with Crippen molar-refractivity contribution in [2.75, 3.05) is 18.0 Å². The van der Waals surface area contributed by atoms with Gasteiger partial charge < -0.3 is 4.90 Å². The van der Waals surface area contributed by atoms with Gasteiger partial charge in [-0.1, -0.05) is 13.3 Å². The molecular formula is C14H18N2O3. The lowest BCUT2D eigenvalue weighted by Crippen LogP contribution is -2.35. The molecule has 1 aliphatic rings. The highest BCUT2D eigenvalue weighted by Gasteiger charge is 2.21. The second kappa shape index (κ2) is 5.82. The summed E-state index contributed by atoms with van der Waals surface area (Å²) in [5, 5.41) is 10.7. The van der Waals surface area contributed by atoms with Crippen LogP contribution >= 0.6 is 0 Å². The second-order valence-corrected chi connectivity index (χ2v) is 4.98. The van der Waals surface area contributed by atoms with Crippen molar-refractivity contribution >= 4 is 17.7 Å². The summed E-state index contributed by atoms with van der Waals surface area (Å²) >= 11 is 0. The van der Waals surface area contributed by atoms with E-state index in [1.165, 1.54) is 18.6 Å². The van der Waals surface area contributed by atoms with Gasteiger partial charge in [0.1, 0.15) is 0 Å².